The van der Waals surface area contributed by atoms with E-state index in [-0.39, 0.29) is 19.0 Å². The highest BCUT2D eigenvalue weighted by Crippen LogP contribution is 2.34. The molecule has 1 aromatic carbocycles. The van der Waals surface area contributed by atoms with E-state index in [0.29, 0.717) is 18.2 Å². The fourth-order valence-electron chi connectivity index (χ4n) is 1.51. The summed E-state index contributed by atoms with van der Waals surface area (Å²) < 4.78 is 84.7. The molecule has 132 valence electrons. The molecule has 11 heteroatoms. The number of nitrogens with two attached hydrogens (primary N) is 1. The first kappa shape index (κ1) is 21.3. The monoisotopic (exact) mass is 367 g/mol. The van der Waals surface area contributed by atoms with E-state index in [0.717, 1.165) is 0 Å². The minimum absolute atomic E-state index is 0. The maximum absolute atomic E-state index is 13.7. The van der Waals surface area contributed by atoms with Crippen LogP contribution in [0.5, 0.6) is 5.75 Å². The number of hydrogen-bond acceptors (Lipinski definition) is 4. The van der Waals surface area contributed by atoms with Crippen molar-refractivity contribution in [3.8, 4) is 5.75 Å². The van der Waals surface area contributed by atoms with E-state index in [1.54, 1.807) is 0 Å². The second kappa shape index (κ2) is 7.73. The Bertz CT molecular complexity index is 552. The zero-order valence-corrected chi connectivity index (χ0v) is 12.3. The van der Waals surface area contributed by atoms with Crippen LogP contribution < -0.4 is 10.5 Å². The molecule has 2 N–H and O–H groups in total. The van der Waals surface area contributed by atoms with E-state index in [1.165, 1.54) is 6.92 Å². The number of carbonyl (C=O) groups is 1. The molecule has 0 aliphatic carbocycles. The molecule has 0 bridgehead atoms. The summed E-state index contributed by atoms with van der Waals surface area (Å²) in [5.74, 6) is -8.60. The summed E-state index contributed by atoms with van der Waals surface area (Å²) >= 11 is 0. The highest BCUT2D eigenvalue weighted by atomic mass is 35.5. The molecule has 0 radical (unpaired) electrons. The first-order valence-electron chi connectivity index (χ1n) is 5.84. The van der Waals surface area contributed by atoms with Gasteiger partial charge in [-0.1, -0.05) is 0 Å². The van der Waals surface area contributed by atoms with E-state index in [1.807, 2.05) is 0 Å². The van der Waals surface area contributed by atoms with Gasteiger partial charge in [0.25, 0.3) is 0 Å². The molecule has 0 spiro atoms. The molecule has 0 heterocycles. The molecule has 0 saturated heterocycles. The third-order valence-electron chi connectivity index (χ3n) is 2.47. The molecule has 0 aliphatic rings. The minimum Gasteiger partial charge on any atom is -0.462 e. The zero-order valence-electron chi connectivity index (χ0n) is 11.5. The van der Waals surface area contributed by atoms with Crippen molar-refractivity contribution in [2.75, 3.05) is 6.61 Å². The molecular formula is C12H12ClF6NO3. The van der Waals surface area contributed by atoms with Gasteiger partial charge in [-0.05, 0) is 25.1 Å². The van der Waals surface area contributed by atoms with Crippen LogP contribution in [0.15, 0.2) is 18.2 Å². The molecule has 0 fully saturated rings. The molecule has 0 saturated carbocycles. The number of halogens is 7. The number of carbonyl (C=O) groups excluding carboxylic acids is 1. The fraction of sp³-hybridized carbons (Fsp3) is 0.417. The summed E-state index contributed by atoms with van der Waals surface area (Å²) in [7, 11) is 0. The molecule has 0 amide bonds. The first-order valence-corrected chi connectivity index (χ1v) is 5.84. The third kappa shape index (κ3) is 5.47. The van der Waals surface area contributed by atoms with Crippen LogP contribution in [0.25, 0.3) is 0 Å². The molecule has 0 aromatic heterocycles. The maximum atomic E-state index is 13.7. The van der Waals surface area contributed by atoms with Gasteiger partial charge in [0, 0.05) is 5.56 Å². The molecule has 1 atom stereocenters. The average molecular weight is 368 g/mol. The predicted molar refractivity (Wildman–Crippen MR) is 68.8 cm³/mol. The van der Waals surface area contributed by atoms with Gasteiger partial charge in [-0.25, -0.2) is 9.18 Å². The minimum atomic E-state index is -5.09. The van der Waals surface area contributed by atoms with Crippen molar-refractivity contribution >= 4 is 18.4 Å². The number of esters is 1. The first-order chi connectivity index (χ1) is 9.99. The summed E-state index contributed by atoms with van der Waals surface area (Å²) in [6.07, 6.45) is -5.09. The highest BCUT2D eigenvalue weighted by Gasteiger charge is 2.48. The summed E-state index contributed by atoms with van der Waals surface area (Å²) in [5.41, 5.74) is 4.10. The number of alkyl halides is 5. The second-order valence-electron chi connectivity index (χ2n) is 4.05. The van der Waals surface area contributed by atoms with Gasteiger partial charge < -0.3 is 15.2 Å². The number of hydrogen-bond donors (Lipinski definition) is 1. The fourth-order valence-corrected chi connectivity index (χ4v) is 1.51. The third-order valence-corrected chi connectivity index (χ3v) is 2.47. The van der Waals surface area contributed by atoms with Gasteiger partial charge in [-0.15, -0.1) is 25.6 Å². The topological polar surface area (TPSA) is 61.5 Å². The lowest BCUT2D eigenvalue weighted by Crippen LogP contribution is -2.42. The summed E-state index contributed by atoms with van der Waals surface area (Å²) in [4.78, 5) is 11.1. The van der Waals surface area contributed by atoms with Gasteiger partial charge in [0.05, 0.1) is 6.61 Å². The molecule has 1 rings (SSSR count). The van der Waals surface area contributed by atoms with Crippen molar-refractivity contribution in [2.24, 2.45) is 5.73 Å². The Morgan fingerprint density at radius 2 is 1.83 bits per heavy atom. The SMILES string of the molecule is CCOC(=O)C(F)(F)[C@@H](N)c1cc(OC(F)(F)F)ccc1F.Cl. The molecule has 23 heavy (non-hydrogen) atoms. The van der Waals surface area contributed by atoms with Gasteiger partial charge >= 0.3 is 18.3 Å². The Morgan fingerprint density at radius 3 is 2.30 bits per heavy atom. The maximum Gasteiger partial charge on any atom is 0.573 e. The lowest BCUT2D eigenvalue weighted by Gasteiger charge is -2.22. The second-order valence-corrected chi connectivity index (χ2v) is 4.05. The van der Waals surface area contributed by atoms with Crippen molar-refractivity contribution in [1.29, 1.82) is 0 Å². The van der Waals surface area contributed by atoms with Crippen LogP contribution in [0, 0.1) is 5.82 Å². The van der Waals surface area contributed by atoms with Crippen molar-refractivity contribution in [3.63, 3.8) is 0 Å². The standard InChI is InChI=1S/C12H11F6NO3.ClH/c1-2-21-10(20)11(14,15)9(19)7-5-6(3-4-8(7)13)22-12(16,17)18;/h3-5,9H,2,19H2,1H3;1H/t9-;/m0./s1. The Hall–Kier alpha value is -1.68. The van der Waals surface area contributed by atoms with Crippen LogP contribution in [-0.2, 0) is 9.53 Å². The predicted octanol–water partition coefficient (Wildman–Crippen LogP) is 3.34. The lowest BCUT2D eigenvalue weighted by molar-refractivity contribution is -0.274. The van der Waals surface area contributed by atoms with Crippen molar-refractivity contribution in [2.45, 2.75) is 25.3 Å². The van der Waals surface area contributed by atoms with E-state index < -0.39 is 41.4 Å². The molecule has 0 aliphatic heterocycles. The van der Waals surface area contributed by atoms with Crippen molar-refractivity contribution < 1.29 is 40.6 Å². The molecule has 1 aromatic rings. The van der Waals surface area contributed by atoms with Crippen LogP contribution in [0.4, 0.5) is 26.3 Å². The average Bonchev–Trinajstić information content (AvgIpc) is 2.38. The summed E-state index contributed by atoms with van der Waals surface area (Å²) in [6.45, 7) is 0.888. The van der Waals surface area contributed by atoms with Crippen LogP contribution in [0.1, 0.15) is 18.5 Å². The van der Waals surface area contributed by atoms with Gasteiger partial charge in [0.2, 0.25) is 0 Å². The van der Waals surface area contributed by atoms with Crippen molar-refractivity contribution in [1.82, 2.24) is 0 Å². The number of benzene rings is 1. The quantitative estimate of drug-likeness (QED) is 0.640. The number of rotatable bonds is 5. The summed E-state index contributed by atoms with van der Waals surface area (Å²) in [6, 6.07) is -1.14. The van der Waals surface area contributed by atoms with Crippen LogP contribution in [0.2, 0.25) is 0 Å². The Labute approximate surface area is 132 Å². The van der Waals surface area contributed by atoms with Gasteiger partial charge in [0.1, 0.15) is 17.6 Å². The zero-order chi connectivity index (χ0) is 17.1. The Kier molecular flexibility index (Phi) is 7.17. The van der Waals surface area contributed by atoms with E-state index >= 15 is 0 Å². The van der Waals surface area contributed by atoms with E-state index in [9.17, 15) is 31.1 Å². The normalized spacial score (nSPS) is 13.0. The van der Waals surface area contributed by atoms with E-state index in [2.05, 4.69) is 9.47 Å². The highest BCUT2D eigenvalue weighted by molar-refractivity contribution is 5.85. The van der Waals surface area contributed by atoms with Crippen LogP contribution >= 0.6 is 12.4 Å². The Balaban J connectivity index is 0.00000484. The van der Waals surface area contributed by atoms with E-state index in [4.69, 9.17) is 5.73 Å². The number of ether oxygens (including phenoxy) is 2. The lowest BCUT2D eigenvalue weighted by atomic mass is 10.0. The summed E-state index contributed by atoms with van der Waals surface area (Å²) in [5, 5.41) is 0. The molecule has 4 nitrogen and oxygen atoms in total. The van der Waals surface area contributed by atoms with Crippen LogP contribution in [-0.4, -0.2) is 24.9 Å². The van der Waals surface area contributed by atoms with Gasteiger partial charge in [-0.2, -0.15) is 8.78 Å². The largest absolute Gasteiger partial charge is 0.573 e. The van der Waals surface area contributed by atoms with Gasteiger partial charge in [-0.3, -0.25) is 0 Å². The molecule has 0 unspecified atom stereocenters. The molecular weight excluding hydrogens is 356 g/mol. The van der Waals surface area contributed by atoms with Crippen molar-refractivity contribution in [3.05, 3.63) is 29.6 Å². The Morgan fingerprint density at radius 1 is 1.26 bits per heavy atom. The van der Waals surface area contributed by atoms with Gasteiger partial charge in [0.15, 0.2) is 0 Å². The smallest absolute Gasteiger partial charge is 0.462 e. The van der Waals surface area contributed by atoms with Crippen LogP contribution in [0.3, 0.4) is 0 Å².